The topological polar surface area (TPSA) is 61.1 Å². The fraction of sp³-hybridized carbons (Fsp3) is 0.222. The lowest BCUT2D eigenvalue weighted by Crippen LogP contribution is -2.32. The van der Waals surface area contributed by atoms with Gasteiger partial charge >= 0.3 is 5.63 Å². The minimum absolute atomic E-state index is 0.305. The molecule has 0 radical (unpaired) electrons. The number of aryl methyl sites for hydroxylation is 1. The van der Waals surface area contributed by atoms with Crippen molar-refractivity contribution in [3.05, 3.63) is 93.3 Å². The average Bonchev–Trinajstić information content (AvgIpc) is 2.86. The van der Waals surface area contributed by atoms with E-state index in [1.165, 1.54) is 0 Å². The second kappa shape index (κ2) is 8.54. The molecule has 1 aromatic heterocycles. The Bertz CT molecular complexity index is 1380. The minimum Gasteiger partial charge on any atom is -0.493 e. The first-order valence-electron chi connectivity index (χ1n) is 10.8. The van der Waals surface area contributed by atoms with Crippen LogP contribution in [0.5, 0.6) is 17.2 Å². The Morgan fingerprint density at radius 1 is 0.970 bits per heavy atom. The molecule has 0 unspecified atom stereocenters. The number of benzene rings is 3. The molecule has 0 N–H and O–H groups in total. The standard InChI is InChI=1S/C27H25NO5/c1-17-20-10-12-23-22(26(20)33-27(29)21(17)13-18-7-5-4-6-8-18)15-28(16-32-23)19-9-11-24(30-2)25(14-19)31-3/h4-12,14H,13,15-16H2,1-3H3. The van der Waals surface area contributed by atoms with Crippen LogP contribution in [0.25, 0.3) is 11.0 Å². The summed E-state index contributed by atoms with van der Waals surface area (Å²) < 4.78 is 22.7. The maximum absolute atomic E-state index is 13.0. The molecule has 0 aliphatic carbocycles. The molecular formula is C27H25NO5. The Kier molecular flexibility index (Phi) is 5.42. The quantitative estimate of drug-likeness (QED) is 0.402. The molecule has 0 amide bonds. The van der Waals surface area contributed by atoms with Crippen molar-refractivity contribution < 1.29 is 18.6 Å². The van der Waals surface area contributed by atoms with Gasteiger partial charge in [0.2, 0.25) is 0 Å². The Labute approximate surface area is 191 Å². The molecule has 2 heterocycles. The molecule has 0 saturated heterocycles. The summed E-state index contributed by atoms with van der Waals surface area (Å²) in [5.74, 6) is 2.04. The van der Waals surface area contributed by atoms with Crippen molar-refractivity contribution in [1.82, 2.24) is 0 Å². The molecular weight excluding hydrogens is 418 g/mol. The van der Waals surface area contributed by atoms with Crippen LogP contribution in [0.1, 0.15) is 22.3 Å². The normalized spacial score (nSPS) is 12.9. The zero-order valence-electron chi connectivity index (χ0n) is 18.9. The fourth-order valence-corrected chi connectivity index (χ4v) is 4.35. The van der Waals surface area contributed by atoms with Gasteiger partial charge in [-0.1, -0.05) is 30.3 Å². The van der Waals surface area contributed by atoms with Crippen molar-refractivity contribution in [1.29, 1.82) is 0 Å². The third-order valence-corrected chi connectivity index (χ3v) is 6.20. The van der Waals surface area contributed by atoms with E-state index in [9.17, 15) is 4.79 Å². The smallest absolute Gasteiger partial charge is 0.340 e. The highest BCUT2D eigenvalue weighted by Gasteiger charge is 2.24. The van der Waals surface area contributed by atoms with Gasteiger partial charge in [0, 0.05) is 29.1 Å². The first kappa shape index (κ1) is 20.9. The Morgan fingerprint density at radius 3 is 2.52 bits per heavy atom. The third kappa shape index (κ3) is 3.78. The van der Waals surface area contributed by atoms with Crippen LogP contribution in [0.15, 0.2) is 69.9 Å². The van der Waals surface area contributed by atoms with Crippen molar-refractivity contribution in [3.63, 3.8) is 0 Å². The lowest BCUT2D eigenvalue weighted by atomic mass is 9.97. The number of fused-ring (bicyclic) bond motifs is 3. The van der Waals surface area contributed by atoms with Gasteiger partial charge < -0.3 is 23.5 Å². The molecule has 0 fully saturated rings. The molecule has 1 aliphatic heterocycles. The van der Waals surface area contributed by atoms with Gasteiger partial charge in [-0.25, -0.2) is 4.79 Å². The van der Waals surface area contributed by atoms with Crippen LogP contribution in [0.4, 0.5) is 5.69 Å². The van der Waals surface area contributed by atoms with Gasteiger partial charge in [0.05, 0.1) is 26.3 Å². The number of nitrogens with zero attached hydrogens (tertiary/aromatic N) is 1. The van der Waals surface area contributed by atoms with E-state index >= 15 is 0 Å². The van der Waals surface area contributed by atoms with Crippen molar-refractivity contribution in [3.8, 4) is 17.2 Å². The predicted molar refractivity (Wildman–Crippen MR) is 128 cm³/mol. The molecule has 168 valence electrons. The van der Waals surface area contributed by atoms with E-state index in [0.717, 1.165) is 33.5 Å². The zero-order chi connectivity index (χ0) is 22.9. The van der Waals surface area contributed by atoms with Crippen LogP contribution < -0.4 is 24.7 Å². The number of hydrogen-bond acceptors (Lipinski definition) is 6. The molecule has 0 bridgehead atoms. The minimum atomic E-state index is -0.305. The predicted octanol–water partition coefficient (Wildman–Crippen LogP) is 5.07. The van der Waals surface area contributed by atoms with Gasteiger partial charge in [-0.2, -0.15) is 0 Å². The summed E-state index contributed by atoms with van der Waals surface area (Å²) in [5, 5.41) is 0.928. The SMILES string of the molecule is COc1ccc(N2COc3ccc4c(C)c(Cc5ccccc5)c(=O)oc4c3C2)cc1OC. The fourth-order valence-electron chi connectivity index (χ4n) is 4.35. The summed E-state index contributed by atoms with van der Waals surface area (Å²) in [6.07, 6.45) is 0.538. The number of methoxy groups -OCH3 is 2. The second-order valence-electron chi connectivity index (χ2n) is 8.09. The van der Waals surface area contributed by atoms with Crippen LogP contribution in [-0.2, 0) is 13.0 Å². The third-order valence-electron chi connectivity index (χ3n) is 6.20. The van der Waals surface area contributed by atoms with Gasteiger partial charge in [-0.05, 0) is 42.3 Å². The molecule has 4 aromatic rings. The highest BCUT2D eigenvalue weighted by Crippen LogP contribution is 2.37. The maximum atomic E-state index is 13.0. The summed E-state index contributed by atoms with van der Waals surface area (Å²) in [5.41, 5.74) is 4.76. The van der Waals surface area contributed by atoms with Crippen LogP contribution in [0.3, 0.4) is 0 Å². The van der Waals surface area contributed by atoms with Crippen LogP contribution >= 0.6 is 0 Å². The zero-order valence-corrected chi connectivity index (χ0v) is 18.9. The molecule has 0 spiro atoms. The summed E-state index contributed by atoms with van der Waals surface area (Å²) in [4.78, 5) is 15.1. The number of rotatable bonds is 5. The molecule has 0 saturated carbocycles. The molecule has 6 heteroatoms. The Hall–Kier alpha value is -3.93. The molecule has 33 heavy (non-hydrogen) atoms. The number of ether oxygens (including phenoxy) is 3. The Balaban J connectivity index is 1.55. The van der Waals surface area contributed by atoms with E-state index in [4.69, 9.17) is 18.6 Å². The molecule has 0 atom stereocenters. The summed E-state index contributed by atoms with van der Waals surface area (Å²) >= 11 is 0. The first-order valence-corrected chi connectivity index (χ1v) is 10.8. The summed E-state index contributed by atoms with van der Waals surface area (Å²) in [6.45, 7) is 2.91. The van der Waals surface area contributed by atoms with Crippen molar-refractivity contribution in [2.75, 3.05) is 25.9 Å². The largest absolute Gasteiger partial charge is 0.493 e. The highest BCUT2D eigenvalue weighted by atomic mass is 16.5. The van der Waals surface area contributed by atoms with Crippen molar-refractivity contribution >= 4 is 16.7 Å². The van der Waals surface area contributed by atoms with Gasteiger partial charge in [-0.15, -0.1) is 0 Å². The number of hydrogen-bond donors (Lipinski definition) is 0. The maximum Gasteiger partial charge on any atom is 0.340 e. The van der Waals surface area contributed by atoms with E-state index in [0.29, 0.717) is 42.3 Å². The lowest BCUT2D eigenvalue weighted by Gasteiger charge is -2.31. The van der Waals surface area contributed by atoms with Crippen molar-refractivity contribution in [2.45, 2.75) is 19.9 Å². The van der Waals surface area contributed by atoms with Crippen molar-refractivity contribution in [2.24, 2.45) is 0 Å². The number of anilines is 1. The molecule has 5 rings (SSSR count). The van der Waals surface area contributed by atoms with E-state index in [2.05, 4.69) is 4.90 Å². The van der Waals surface area contributed by atoms with Gasteiger partial charge in [0.25, 0.3) is 0 Å². The van der Waals surface area contributed by atoms with E-state index in [1.807, 2.05) is 67.6 Å². The monoisotopic (exact) mass is 443 g/mol. The Morgan fingerprint density at radius 2 is 1.76 bits per heavy atom. The van der Waals surface area contributed by atoms with E-state index in [-0.39, 0.29) is 5.63 Å². The molecule has 6 nitrogen and oxygen atoms in total. The van der Waals surface area contributed by atoms with Crippen LogP contribution in [0.2, 0.25) is 0 Å². The van der Waals surface area contributed by atoms with Crippen LogP contribution in [-0.4, -0.2) is 21.0 Å². The van der Waals surface area contributed by atoms with E-state index in [1.54, 1.807) is 14.2 Å². The van der Waals surface area contributed by atoms with Gasteiger partial charge in [0.1, 0.15) is 11.3 Å². The summed E-state index contributed by atoms with van der Waals surface area (Å²) in [6, 6.07) is 19.6. The van der Waals surface area contributed by atoms with Gasteiger partial charge in [-0.3, -0.25) is 0 Å². The highest BCUT2D eigenvalue weighted by molar-refractivity contribution is 5.86. The molecule has 1 aliphatic rings. The lowest BCUT2D eigenvalue weighted by molar-refractivity contribution is 0.288. The van der Waals surface area contributed by atoms with Gasteiger partial charge in [0.15, 0.2) is 18.2 Å². The second-order valence-corrected chi connectivity index (χ2v) is 8.09. The van der Waals surface area contributed by atoms with E-state index < -0.39 is 0 Å². The first-order chi connectivity index (χ1) is 16.1. The molecule has 3 aromatic carbocycles. The average molecular weight is 443 g/mol. The van der Waals surface area contributed by atoms with Crippen LogP contribution in [0, 0.1) is 6.92 Å². The summed E-state index contributed by atoms with van der Waals surface area (Å²) in [7, 11) is 3.22.